The number of rotatable bonds is 76. The van der Waals surface area contributed by atoms with E-state index >= 15 is 0 Å². The Morgan fingerprint density at radius 1 is 0.295 bits per heavy atom. The van der Waals surface area contributed by atoms with Crippen molar-refractivity contribution in [3.05, 3.63) is 0 Å². The highest BCUT2D eigenvalue weighted by Gasteiger charge is 2.22. The fraction of sp³-hybridized carbons (Fsp3) is 0.962. The summed E-state index contributed by atoms with van der Waals surface area (Å²) in [5.41, 5.74) is 0. The molecule has 9 nitrogen and oxygen atoms in total. The standard InChI is InChI=1S/C79H155NO8/c1-6-8-10-12-14-16-18-20-22-24-26-28-30-32-33-34-35-36-37-38-39-40-41-42-43-44-46-48-50-52-54-56-58-60-62-64-66-68-70-77(82)88-75(74-87-79(78(83)84)85-72-71-80(3,4)5)73-86-76(81)69-67-65-63-61-59-57-55-53-51-49-47-45-31-29-27-25-23-21-19-17-15-13-11-9-7-2/h75,79H,6-74H2,1-5H3. The molecule has 524 valence electrons. The van der Waals surface area contributed by atoms with Gasteiger partial charge in [-0.25, -0.2) is 0 Å². The average Bonchev–Trinajstić information content (AvgIpc) is 3.56. The van der Waals surface area contributed by atoms with Crippen LogP contribution in [0.3, 0.4) is 0 Å². The van der Waals surface area contributed by atoms with Crippen LogP contribution in [0.25, 0.3) is 0 Å². The number of carboxylic acid groups (broad SMARTS) is 1. The van der Waals surface area contributed by atoms with Crippen LogP contribution in [0.5, 0.6) is 0 Å². The summed E-state index contributed by atoms with van der Waals surface area (Å²) in [4.78, 5) is 37.6. The van der Waals surface area contributed by atoms with Gasteiger partial charge in [0.2, 0.25) is 0 Å². The van der Waals surface area contributed by atoms with E-state index in [0.717, 1.165) is 38.5 Å². The van der Waals surface area contributed by atoms with Gasteiger partial charge in [0.15, 0.2) is 12.4 Å². The molecular weight excluding hydrogens is 1090 g/mol. The summed E-state index contributed by atoms with van der Waals surface area (Å²) in [6.45, 7) is 4.85. The minimum absolute atomic E-state index is 0.154. The van der Waals surface area contributed by atoms with E-state index in [1.165, 1.54) is 366 Å². The fourth-order valence-corrected chi connectivity index (χ4v) is 12.5. The first kappa shape index (κ1) is 86.3. The molecule has 0 fully saturated rings. The van der Waals surface area contributed by atoms with Gasteiger partial charge in [0.05, 0.1) is 40.3 Å². The van der Waals surface area contributed by atoms with E-state index in [0.29, 0.717) is 17.4 Å². The summed E-state index contributed by atoms with van der Waals surface area (Å²) < 4.78 is 22.9. The molecular formula is C79H155NO8. The zero-order valence-corrected chi connectivity index (χ0v) is 60.2. The van der Waals surface area contributed by atoms with Crippen molar-refractivity contribution >= 4 is 17.9 Å². The van der Waals surface area contributed by atoms with E-state index < -0.39 is 24.3 Å². The molecule has 0 aromatic rings. The van der Waals surface area contributed by atoms with E-state index in [2.05, 4.69) is 13.8 Å². The molecule has 0 spiro atoms. The average molecular weight is 1250 g/mol. The largest absolute Gasteiger partial charge is 0.545 e. The zero-order chi connectivity index (χ0) is 64.0. The summed E-state index contributed by atoms with van der Waals surface area (Å²) in [7, 11) is 5.96. The second kappa shape index (κ2) is 71.1. The Labute approximate surface area is 549 Å². The van der Waals surface area contributed by atoms with E-state index in [9.17, 15) is 19.5 Å². The number of carbonyl (C=O) groups excluding carboxylic acids is 3. The molecule has 0 amide bonds. The molecule has 0 aliphatic carbocycles. The number of unbranched alkanes of at least 4 members (excludes halogenated alkanes) is 61. The van der Waals surface area contributed by atoms with Crippen LogP contribution in [-0.4, -0.2) is 82.3 Å². The Hall–Kier alpha value is -1.71. The predicted molar refractivity (Wildman–Crippen MR) is 376 cm³/mol. The maximum atomic E-state index is 13.0. The van der Waals surface area contributed by atoms with Crippen molar-refractivity contribution in [3.63, 3.8) is 0 Å². The Balaban J connectivity index is 3.92. The van der Waals surface area contributed by atoms with Crippen LogP contribution in [-0.2, 0) is 33.3 Å². The number of likely N-dealkylation sites (N-methyl/N-ethyl adjacent to an activating group) is 1. The molecule has 0 aromatic carbocycles. The van der Waals surface area contributed by atoms with Crippen molar-refractivity contribution in [2.45, 2.75) is 444 Å². The molecule has 2 atom stereocenters. The van der Waals surface area contributed by atoms with Crippen molar-refractivity contribution in [2.24, 2.45) is 0 Å². The summed E-state index contributed by atoms with van der Waals surface area (Å²) in [5.74, 6) is -2.24. The van der Waals surface area contributed by atoms with Gasteiger partial charge in [-0.05, 0) is 12.8 Å². The number of quaternary nitrogens is 1. The highest BCUT2D eigenvalue weighted by Crippen LogP contribution is 2.21. The number of carbonyl (C=O) groups is 3. The summed E-state index contributed by atoms with van der Waals surface area (Å²) in [6.07, 6.45) is 83.8. The zero-order valence-electron chi connectivity index (χ0n) is 60.2. The number of carboxylic acids is 1. The smallest absolute Gasteiger partial charge is 0.306 e. The van der Waals surface area contributed by atoms with Crippen molar-refractivity contribution in [3.8, 4) is 0 Å². The van der Waals surface area contributed by atoms with Crippen molar-refractivity contribution in [1.29, 1.82) is 0 Å². The van der Waals surface area contributed by atoms with Gasteiger partial charge in [0, 0.05) is 12.8 Å². The van der Waals surface area contributed by atoms with Gasteiger partial charge < -0.3 is 33.3 Å². The molecule has 0 saturated carbocycles. The van der Waals surface area contributed by atoms with E-state index in [4.69, 9.17) is 18.9 Å². The molecule has 0 heterocycles. The Bertz CT molecular complexity index is 1400. The van der Waals surface area contributed by atoms with Gasteiger partial charge in [-0.1, -0.05) is 406 Å². The van der Waals surface area contributed by atoms with E-state index in [1.54, 1.807) is 0 Å². The molecule has 88 heavy (non-hydrogen) atoms. The first-order chi connectivity index (χ1) is 43.1. The number of hydrogen-bond donors (Lipinski definition) is 0. The molecule has 0 N–H and O–H groups in total. The molecule has 9 heteroatoms. The van der Waals surface area contributed by atoms with Gasteiger partial charge in [-0.3, -0.25) is 9.59 Å². The molecule has 0 aromatic heterocycles. The summed E-state index contributed by atoms with van der Waals surface area (Å²) >= 11 is 0. The first-order valence-electron chi connectivity index (χ1n) is 39.7. The van der Waals surface area contributed by atoms with Crippen LogP contribution in [0.15, 0.2) is 0 Å². The lowest BCUT2D eigenvalue weighted by atomic mass is 10.0. The van der Waals surface area contributed by atoms with Crippen LogP contribution in [0.4, 0.5) is 0 Å². The minimum Gasteiger partial charge on any atom is -0.545 e. The van der Waals surface area contributed by atoms with Crippen molar-refractivity contribution in [1.82, 2.24) is 0 Å². The SMILES string of the molecule is CCCCCCCCCCCCCCCCCCCCCCCCCCCCCCCCCCCCCCCCC(=O)OC(COC(=O)CCCCCCCCCCCCCCCCCCCCCCCCCCC)COC(OCC[N+](C)(C)C)C(=O)[O-]. The third kappa shape index (κ3) is 71.7. The topological polar surface area (TPSA) is 111 Å². The molecule has 0 aliphatic rings. The Kier molecular flexibility index (Phi) is 69.8. The number of aliphatic carboxylic acids is 1. The normalized spacial score (nSPS) is 12.5. The van der Waals surface area contributed by atoms with Gasteiger partial charge in [-0.15, -0.1) is 0 Å². The molecule has 0 saturated heterocycles. The van der Waals surface area contributed by atoms with Gasteiger partial charge >= 0.3 is 11.9 Å². The second-order valence-electron chi connectivity index (χ2n) is 28.7. The highest BCUT2D eigenvalue weighted by molar-refractivity contribution is 5.70. The minimum atomic E-state index is -1.62. The van der Waals surface area contributed by atoms with Crippen LogP contribution in [0.2, 0.25) is 0 Å². The lowest BCUT2D eigenvalue weighted by Crippen LogP contribution is -2.44. The lowest BCUT2D eigenvalue weighted by Gasteiger charge is -2.26. The molecule has 0 radical (unpaired) electrons. The van der Waals surface area contributed by atoms with Crippen molar-refractivity contribution in [2.75, 3.05) is 47.5 Å². The monoisotopic (exact) mass is 1250 g/mol. The lowest BCUT2D eigenvalue weighted by molar-refractivity contribution is -0.870. The Morgan fingerprint density at radius 2 is 0.511 bits per heavy atom. The second-order valence-corrected chi connectivity index (χ2v) is 28.7. The number of hydrogen-bond acceptors (Lipinski definition) is 8. The highest BCUT2D eigenvalue weighted by atomic mass is 16.7. The van der Waals surface area contributed by atoms with Crippen molar-refractivity contribution < 1.29 is 42.9 Å². The van der Waals surface area contributed by atoms with Crippen LogP contribution < -0.4 is 5.11 Å². The molecule has 0 bridgehead atoms. The maximum Gasteiger partial charge on any atom is 0.306 e. The third-order valence-electron chi connectivity index (χ3n) is 18.6. The van der Waals surface area contributed by atoms with Crippen LogP contribution in [0.1, 0.15) is 431 Å². The number of esters is 2. The summed E-state index contributed by atoms with van der Waals surface area (Å²) in [6, 6.07) is 0. The van der Waals surface area contributed by atoms with Crippen LogP contribution >= 0.6 is 0 Å². The third-order valence-corrected chi connectivity index (χ3v) is 18.6. The summed E-state index contributed by atoms with van der Waals surface area (Å²) in [5, 5.41) is 11.8. The van der Waals surface area contributed by atoms with Gasteiger partial charge in [-0.2, -0.15) is 0 Å². The maximum absolute atomic E-state index is 13.0. The van der Waals surface area contributed by atoms with Gasteiger partial charge in [0.1, 0.15) is 13.2 Å². The Morgan fingerprint density at radius 3 is 0.727 bits per heavy atom. The quantitative estimate of drug-likeness (QED) is 0.0256. The van der Waals surface area contributed by atoms with Crippen LogP contribution in [0, 0.1) is 0 Å². The number of ether oxygens (including phenoxy) is 4. The first-order valence-corrected chi connectivity index (χ1v) is 39.7. The number of nitrogens with zero attached hydrogens (tertiary/aromatic N) is 1. The fourth-order valence-electron chi connectivity index (χ4n) is 12.5. The predicted octanol–water partition coefficient (Wildman–Crippen LogP) is 23.7. The van der Waals surface area contributed by atoms with Gasteiger partial charge in [0.25, 0.3) is 0 Å². The van der Waals surface area contributed by atoms with E-state index in [1.807, 2.05) is 21.1 Å². The molecule has 2 unspecified atom stereocenters. The van der Waals surface area contributed by atoms with E-state index in [-0.39, 0.29) is 32.2 Å². The molecule has 0 aliphatic heterocycles. The molecule has 0 rings (SSSR count).